The first-order chi connectivity index (χ1) is 8.49. The van der Waals surface area contributed by atoms with E-state index in [2.05, 4.69) is 23.9 Å². The molecule has 1 saturated heterocycles. The van der Waals surface area contributed by atoms with Crippen molar-refractivity contribution in [2.75, 3.05) is 32.1 Å². The fraction of sp³-hybridized carbons (Fsp3) is 0.462. The monoisotopic (exact) mass is 267 g/mol. The van der Waals surface area contributed by atoms with Gasteiger partial charge in [0.05, 0.1) is 0 Å². The second kappa shape index (κ2) is 5.20. The van der Waals surface area contributed by atoms with Crippen LogP contribution in [0.2, 0.25) is 0 Å². The molecule has 98 valence electrons. The SMILES string of the molecule is CN(C)C1CCN(c2ccc(C(N)=S)c(F)c2)C1. The molecule has 1 aliphatic rings. The average Bonchev–Trinajstić information content (AvgIpc) is 2.77. The Labute approximate surface area is 112 Å². The number of likely N-dealkylation sites (N-methyl/N-ethyl adjacent to an activating group) is 1. The van der Waals surface area contributed by atoms with Crippen molar-refractivity contribution in [2.45, 2.75) is 12.5 Å². The summed E-state index contributed by atoms with van der Waals surface area (Å²) >= 11 is 4.80. The Hall–Kier alpha value is -1.20. The van der Waals surface area contributed by atoms with Gasteiger partial charge in [0, 0.05) is 30.4 Å². The maximum absolute atomic E-state index is 13.8. The van der Waals surface area contributed by atoms with Crippen LogP contribution in [0.3, 0.4) is 0 Å². The molecular weight excluding hydrogens is 249 g/mol. The highest BCUT2D eigenvalue weighted by molar-refractivity contribution is 7.80. The van der Waals surface area contributed by atoms with E-state index in [1.807, 2.05) is 6.07 Å². The lowest BCUT2D eigenvalue weighted by molar-refractivity contribution is 0.315. The summed E-state index contributed by atoms with van der Waals surface area (Å²) in [6, 6.07) is 5.60. The fourth-order valence-corrected chi connectivity index (χ4v) is 2.46. The number of rotatable bonds is 3. The molecule has 1 fully saturated rings. The summed E-state index contributed by atoms with van der Waals surface area (Å²) in [6.45, 7) is 1.88. The Morgan fingerprint density at radius 3 is 2.72 bits per heavy atom. The number of thiocarbonyl (C=S) groups is 1. The Morgan fingerprint density at radius 1 is 1.50 bits per heavy atom. The molecule has 1 atom stereocenters. The number of hydrogen-bond donors (Lipinski definition) is 1. The van der Waals surface area contributed by atoms with E-state index in [1.165, 1.54) is 6.07 Å². The van der Waals surface area contributed by atoms with Crippen LogP contribution in [0.15, 0.2) is 18.2 Å². The van der Waals surface area contributed by atoms with Crippen LogP contribution in [0, 0.1) is 5.82 Å². The lowest BCUT2D eigenvalue weighted by Gasteiger charge is -2.22. The summed E-state index contributed by atoms with van der Waals surface area (Å²) in [4.78, 5) is 4.50. The van der Waals surface area contributed by atoms with Crippen molar-refractivity contribution in [1.82, 2.24) is 4.90 Å². The van der Waals surface area contributed by atoms with Gasteiger partial charge in [-0.3, -0.25) is 0 Å². The average molecular weight is 267 g/mol. The summed E-state index contributed by atoms with van der Waals surface area (Å²) < 4.78 is 13.8. The Kier molecular flexibility index (Phi) is 3.82. The topological polar surface area (TPSA) is 32.5 Å². The third-order valence-electron chi connectivity index (χ3n) is 3.48. The van der Waals surface area contributed by atoms with Gasteiger partial charge in [-0.05, 0) is 38.7 Å². The summed E-state index contributed by atoms with van der Waals surface area (Å²) in [5.41, 5.74) is 6.67. The predicted octanol–water partition coefficient (Wildman–Crippen LogP) is 1.60. The third-order valence-corrected chi connectivity index (χ3v) is 3.70. The molecule has 3 nitrogen and oxygen atoms in total. The molecule has 0 bridgehead atoms. The quantitative estimate of drug-likeness (QED) is 0.843. The van der Waals surface area contributed by atoms with Gasteiger partial charge in [0.2, 0.25) is 0 Å². The van der Waals surface area contributed by atoms with Crippen LogP contribution in [-0.4, -0.2) is 43.1 Å². The number of benzene rings is 1. The van der Waals surface area contributed by atoms with Gasteiger partial charge in [0.15, 0.2) is 0 Å². The second-order valence-corrected chi connectivity index (χ2v) is 5.32. The van der Waals surface area contributed by atoms with Crippen molar-refractivity contribution in [2.24, 2.45) is 5.73 Å². The molecule has 1 heterocycles. The highest BCUT2D eigenvalue weighted by Gasteiger charge is 2.24. The zero-order valence-corrected chi connectivity index (χ0v) is 11.5. The number of hydrogen-bond acceptors (Lipinski definition) is 3. The van der Waals surface area contributed by atoms with Gasteiger partial charge in [-0.25, -0.2) is 4.39 Å². The number of nitrogens with two attached hydrogens (primary N) is 1. The van der Waals surface area contributed by atoms with E-state index in [0.717, 1.165) is 25.2 Å². The van der Waals surface area contributed by atoms with Gasteiger partial charge in [0.25, 0.3) is 0 Å². The lowest BCUT2D eigenvalue weighted by Crippen LogP contribution is -2.31. The summed E-state index contributed by atoms with van der Waals surface area (Å²) in [5.74, 6) is -0.340. The van der Waals surface area contributed by atoms with Gasteiger partial charge in [-0.2, -0.15) is 0 Å². The predicted molar refractivity (Wildman–Crippen MR) is 76.6 cm³/mol. The first-order valence-corrected chi connectivity index (χ1v) is 6.40. The minimum absolute atomic E-state index is 0.103. The molecule has 1 aromatic rings. The molecule has 0 aromatic heterocycles. The number of anilines is 1. The lowest BCUT2D eigenvalue weighted by atomic mass is 10.2. The molecule has 5 heteroatoms. The van der Waals surface area contributed by atoms with Gasteiger partial charge in [-0.1, -0.05) is 12.2 Å². The summed E-state index contributed by atoms with van der Waals surface area (Å²) in [7, 11) is 4.15. The maximum Gasteiger partial charge on any atom is 0.135 e. The van der Waals surface area contributed by atoms with Gasteiger partial charge in [0.1, 0.15) is 10.8 Å². The van der Waals surface area contributed by atoms with Crippen LogP contribution in [0.5, 0.6) is 0 Å². The fourth-order valence-electron chi connectivity index (χ4n) is 2.30. The largest absolute Gasteiger partial charge is 0.389 e. The zero-order chi connectivity index (χ0) is 13.3. The molecule has 2 N–H and O–H groups in total. The normalized spacial score (nSPS) is 19.6. The van der Waals surface area contributed by atoms with E-state index >= 15 is 0 Å². The van der Waals surface area contributed by atoms with E-state index in [4.69, 9.17) is 18.0 Å². The van der Waals surface area contributed by atoms with Crippen molar-refractivity contribution in [3.8, 4) is 0 Å². The van der Waals surface area contributed by atoms with Crippen molar-refractivity contribution in [1.29, 1.82) is 0 Å². The van der Waals surface area contributed by atoms with Crippen molar-refractivity contribution >= 4 is 22.9 Å². The summed E-state index contributed by atoms with van der Waals surface area (Å²) in [6.07, 6.45) is 1.10. The van der Waals surface area contributed by atoms with E-state index in [0.29, 0.717) is 11.6 Å². The minimum Gasteiger partial charge on any atom is -0.389 e. The first kappa shape index (κ1) is 13.2. The Morgan fingerprint density at radius 2 is 2.22 bits per heavy atom. The molecule has 0 spiro atoms. The first-order valence-electron chi connectivity index (χ1n) is 6.00. The molecule has 0 saturated carbocycles. The van der Waals surface area contributed by atoms with Crippen molar-refractivity contribution in [3.05, 3.63) is 29.6 Å². The number of nitrogens with zero attached hydrogens (tertiary/aromatic N) is 2. The van der Waals surface area contributed by atoms with Crippen LogP contribution in [-0.2, 0) is 0 Å². The number of halogens is 1. The van der Waals surface area contributed by atoms with Gasteiger partial charge < -0.3 is 15.5 Å². The molecule has 1 aliphatic heterocycles. The molecule has 0 aliphatic carbocycles. The van der Waals surface area contributed by atoms with Crippen LogP contribution in [0.1, 0.15) is 12.0 Å². The van der Waals surface area contributed by atoms with Crippen LogP contribution >= 0.6 is 12.2 Å². The smallest absolute Gasteiger partial charge is 0.135 e. The molecule has 1 aromatic carbocycles. The Balaban J connectivity index is 2.16. The van der Waals surface area contributed by atoms with Crippen molar-refractivity contribution in [3.63, 3.8) is 0 Å². The molecule has 1 unspecified atom stereocenters. The third kappa shape index (κ3) is 2.62. The van der Waals surface area contributed by atoms with Gasteiger partial charge >= 0.3 is 0 Å². The van der Waals surface area contributed by atoms with E-state index in [9.17, 15) is 4.39 Å². The molecular formula is C13H18FN3S. The highest BCUT2D eigenvalue weighted by atomic mass is 32.1. The summed E-state index contributed by atoms with van der Waals surface area (Å²) in [5, 5.41) is 0. The van der Waals surface area contributed by atoms with E-state index in [1.54, 1.807) is 6.07 Å². The van der Waals surface area contributed by atoms with E-state index in [-0.39, 0.29) is 10.8 Å². The van der Waals surface area contributed by atoms with Crippen molar-refractivity contribution < 1.29 is 4.39 Å². The van der Waals surface area contributed by atoms with Crippen LogP contribution < -0.4 is 10.6 Å². The zero-order valence-electron chi connectivity index (χ0n) is 10.7. The van der Waals surface area contributed by atoms with Crippen LogP contribution in [0.25, 0.3) is 0 Å². The minimum atomic E-state index is -0.340. The van der Waals surface area contributed by atoms with Crippen LogP contribution in [0.4, 0.5) is 10.1 Å². The maximum atomic E-state index is 13.8. The van der Waals surface area contributed by atoms with Gasteiger partial charge in [-0.15, -0.1) is 0 Å². The molecule has 0 radical (unpaired) electrons. The highest BCUT2D eigenvalue weighted by Crippen LogP contribution is 2.24. The molecule has 18 heavy (non-hydrogen) atoms. The molecule has 2 rings (SSSR count). The van der Waals surface area contributed by atoms with E-state index < -0.39 is 0 Å². The molecule has 0 amide bonds. The second-order valence-electron chi connectivity index (χ2n) is 4.88. The standard InChI is InChI=1S/C13H18FN3S/c1-16(2)10-5-6-17(8-10)9-3-4-11(13(15)18)12(14)7-9/h3-4,7,10H,5-6,8H2,1-2H3,(H2,15,18). The Bertz CT molecular complexity index is 462.